The van der Waals surface area contributed by atoms with E-state index in [1.807, 2.05) is 86.0 Å². The van der Waals surface area contributed by atoms with Crippen LogP contribution in [-0.2, 0) is 27.5 Å². The van der Waals surface area contributed by atoms with Crippen LogP contribution in [0.2, 0.25) is 0 Å². The van der Waals surface area contributed by atoms with Gasteiger partial charge in [-0.1, -0.05) is 42.5 Å². The van der Waals surface area contributed by atoms with Crippen LogP contribution in [0.3, 0.4) is 0 Å². The molecule has 0 radical (unpaired) electrons. The van der Waals surface area contributed by atoms with Crippen molar-refractivity contribution in [1.29, 1.82) is 0 Å². The van der Waals surface area contributed by atoms with Crippen molar-refractivity contribution >= 4 is 23.6 Å². The molecule has 0 saturated heterocycles. The van der Waals surface area contributed by atoms with Crippen molar-refractivity contribution in [2.24, 2.45) is 0 Å². The number of para-hydroxylation sites is 1. The van der Waals surface area contributed by atoms with E-state index in [2.05, 4.69) is 5.32 Å². The summed E-state index contributed by atoms with van der Waals surface area (Å²) in [4.78, 5) is 25.8. The van der Waals surface area contributed by atoms with E-state index in [1.54, 1.807) is 24.9 Å². The van der Waals surface area contributed by atoms with Gasteiger partial charge in [-0.25, -0.2) is 4.79 Å². The molecule has 1 atom stereocenters. The van der Waals surface area contributed by atoms with Crippen LogP contribution in [0.15, 0.2) is 83.3 Å². The molecule has 214 valence electrons. The molecule has 0 bridgehead atoms. The quantitative estimate of drug-likeness (QED) is 0.179. The average Bonchev–Trinajstić information content (AvgIpc) is 3.47. The van der Waals surface area contributed by atoms with E-state index >= 15 is 0 Å². The lowest BCUT2D eigenvalue weighted by Gasteiger charge is -2.19. The number of esters is 1. The fourth-order valence-corrected chi connectivity index (χ4v) is 5.03. The molecule has 0 saturated carbocycles. The van der Waals surface area contributed by atoms with Crippen LogP contribution in [0.25, 0.3) is 22.5 Å². The van der Waals surface area contributed by atoms with Crippen molar-refractivity contribution in [2.45, 2.75) is 32.6 Å². The van der Waals surface area contributed by atoms with Gasteiger partial charge in [0.05, 0.1) is 26.4 Å². The van der Waals surface area contributed by atoms with Crippen molar-refractivity contribution in [2.75, 3.05) is 26.2 Å². The monoisotopic (exact) mass is 573 g/mol. The number of benzene rings is 3. The summed E-state index contributed by atoms with van der Waals surface area (Å²) in [6, 6.07) is 24.3. The second-order valence-corrected chi connectivity index (χ2v) is 10.5. The first kappa shape index (κ1) is 30.0. The Balaban J connectivity index is 1.52. The zero-order valence-corrected chi connectivity index (χ0v) is 24.6. The van der Waals surface area contributed by atoms with E-state index in [1.165, 1.54) is 7.11 Å². The predicted molar refractivity (Wildman–Crippen MR) is 162 cm³/mol. The smallest absolute Gasteiger partial charge is 0.328 e. The number of hydrogen-bond donors (Lipinski definition) is 1. The molecule has 0 spiro atoms. The molecule has 1 amide bonds. The number of rotatable bonds is 13. The number of carbonyl (C=O) groups excluding carboxylic acids is 2. The largest absolute Gasteiger partial charge is 0.496 e. The van der Waals surface area contributed by atoms with E-state index in [9.17, 15) is 9.59 Å². The maximum Gasteiger partial charge on any atom is 0.328 e. The van der Waals surface area contributed by atoms with Crippen molar-refractivity contribution < 1.29 is 28.2 Å². The van der Waals surface area contributed by atoms with Crippen molar-refractivity contribution in [3.8, 4) is 28.2 Å². The highest BCUT2D eigenvalue weighted by Crippen LogP contribution is 2.32. The second kappa shape index (κ2) is 14.6. The fraction of sp³-hybridized carbons (Fsp3) is 0.273. The van der Waals surface area contributed by atoms with Crippen LogP contribution >= 0.6 is 11.8 Å². The Kier molecular flexibility index (Phi) is 10.6. The van der Waals surface area contributed by atoms with Crippen LogP contribution in [0.1, 0.15) is 33.7 Å². The van der Waals surface area contributed by atoms with Crippen LogP contribution in [-0.4, -0.2) is 44.1 Å². The molecular formula is C33H35NO6S. The van der Waals surface area contributed by atoms with Gasteiger partial charge in [-0.15, -0.1) is 0 Å². The molecule has 7 nitrogen and oxygen atoms in total. The maximum atomic E-state index is 13.4. The molecule has 1 N–H and O–H groups in total. The molecule has 41 heavy (non-hydrogen) atoms. The number of furan rings is 1. The molecule has 1 aromatic heterocycles. The Morgan fingerprint density at radius 1 is 0.902 bits per heavy atom. The van der Waals surface area contributed by atoms with E-state index in [0.29, 0.717) is 30.1 Å². The van der Waals surface area contributed by atoms with Gasteiger partial charge in [0.15, 0.2) is 0 Å². The van der Waals surface area contributed by atoms with Crippen molar-refractivity contribution in [3.63, 3.8) is 0 Å². The van der Waals surface area contributed by atoms with E-state index < -0.39 is 12.0 Å². The van der Waals surface area contributed by atoms with Gasteiger partial charge in [-0.3, -0.25) is 4.79 Å². The summed E-state index contributed by atoms with van der Waals surface area (Å²) in [5.74, 6) is 2.08. The molecule has 1 heterocycles. The summed E-state index contributed by atoms with van der Waals surface area (Å²) in [7, 11) is 2.96. The van der Waals surface area contributed by atoms with Gasteiger partial charge < -0.3 is 23.9 Å². The number of carbonyl (C=O) groups is 2. The zero-order valence-electron chi connectivity index (χ0n) is 23.8. The van der Waals surface area contributed by atoms with Gasteiger partial charge in [-0.2, -0.15) is 11.8 Å². The van der Waals surface area contributed by atoms with E-state index in [-0.39, 0.29) is 12.5 Å². The summed E-state index contributed by atoms with van der Waals surface area (Å²) < 4.78 is 22.4. The Morgan fingerprint density at radius 2 is 1.66 bits per heavy atom. The van der Waals surface area contributed by atoms with E-state index in [0.717, 1.165) is 39.3 Å². The molecular weight excluding hydrogens is 538 g/mol. The van der Waals surface area contributed by atoms with Crippen molar-refractivity contribution in [1.82, 2.24) is 5.32 Å². The lowest BCUT2D eigenvalue weighted by atomic mass is 9.93. The van der Waals surface area contributed by atoms with Crippen LogP contribution < -0.4 is 10.1 Å². The summed E-state index contributed by atoms with van der Waals surface area (Å²) >= 11 is 1.61. The Bertz CT molecular complexity index is 1480. The lowest BCUT2D eigenvalue weighted by molar-refractivity contribution is -0.142. The minimum atomic E-state index is -0.721. The van der Waals surface area contributed by atoms with E-state index in [4.69, 9.17) is 18.6 Å². The molecule has 8 heteroatoms. The number of thioether (sulfide) groups is 1. The highest BCUT2D eigenvalue weighted by molar-refractivity contribution is 7.98. The zero-order chi connectivity index (χ0) is 29.2. The normalized spacial score (nSPS) is 11.6. The fourth-order valence-electron chi connectivity index (χ4n) is 4.56. The molecule has 0 aliphatic rings. The van der Waals surface area contributed by atoms with Gasteiger partial charge in [0.25, 0.3) is 5.91 Å². The summed E-state index contributed by atoms with van der Waals surface area (Å²) in [5, 5.41) is 2.88. The van der Waals surface area contributed by atoms with Crippen LogP contribution in [0.5, 0.6) is 5.75 Å². The maximum absolute atomic E-state index is 13.4. The van der Waals surface area contributed by atoms with Gasteiger partial charge in [0.2, 0.25) is 0 Å². The van der Waals surface area contributed by atoms with Gasteiger partial charge >= 0.3 is 5.97 Å². The average molecular weight is 574 g/mol. The number of amides is 1. The first-order valence-electron chi connectivity index (χ1n) is 13.3. The SMILES string of the molecule is COC(=O)C(CCSC)NC(=O)c1ccc(COCc2ccc(-c3ccccc3OC)o2)cc1-c1ccccc1C. The molecule has 0 aliphatic carbocycles. The third-order valence-electron chi connectivity index (χ3n) is 6.71. The van der Waals surface area contributed by atoms with Gasteiger partial charge in [0, 0.05) is 5.56 Å². The standard InChI is InChI=1S/C33H35NO6S/c1-22-9-5-6-10-25(22)28-19-23(13-15-26(28)32(35)34-29(17-18-41-4)33(36)38-3)20-39-21-24-14-16-31(40-24)27-11-7-8-12-30(27)37-2/h5-16,19,29H,17-18,20-21H2,1-4H3,(H,34,35). The molecule has 1 unspecified atom stereocenters. The topological polar surface area (TPSA) is 87.0 Å². The van der Waals surface area contributed by atoms with Crippen LogP contribution in [0, 0.1) is 6.92 Å². The second-order valence-electron chi connectivity index (χ2n) is 9.48. The Morgan fingerprint density at radius 3 is 2.39 bits per heavy atom. The third-order valence-corrected chi connectivity index (χ3v) is 7.36. The van der Waals surface area contributed by atoms with Crippen molar-refractivity contribution in [3.05, 3.63) is 101 Å². The Labute approximate surface area is 245 Å². The number of hydrogen-bond acceptors (Lipinski definition) is 7. The number of methoxy groups -OCH3 is 2. The molecule has 4 rings (SSSR count). The number of nitrogens with one attached hydrogen (secondary N) is 1. The molecule has 3 aromatic carbocycles. The minimum absolute atomic E-state index is 0.285. The summed E-state index contributed by atoms with van der Waals surface area (Å²) in [6.07, 6.45) is 2.44. The first-order valence-corrected chi connectivity index (χ1v) is 14.7. The summed E-state index contributed by atoms with van der Waals surface area (Å²) in [6.45, 7) is 2.61. The number of aryl methyl sites for hydroxylation is 1. The number of ether oxygens (including phenoxy) is 3. The molecule has 4 aromatic rings. The third kappa shape index (κ3) is 7.60. The van der Waals surface area contributed by atoms with Gasteiger partial charge in [-0.05, 0) is 84.0 Å². The van der Waals surface area contributed by atoms with Crippen LogP contribution in [0.4, 0.5) is 0 Å². The minimum Gasteiger partial charge on any atom is -0.496 e. The molecule has 0 fully saturated rings. The Hall–Kier alpha value is -4.01. The molecule has 0 aliphatic heterocycles. The van der Waals surface area contributed by atoms with Gasteiger partial charge in [0.1, 0.15) is 29.9 Å². The highest BCUT2D eigenvalue weighted by Gasteiger charge is 2.24. The predicted octanol–water partition coefficient (Wildman–Crippen LogP) is 6.67. The lowest BCUT2D eigenvalue weighted by Crippen LogP contribution is -2.42. The summed E-state index contributed by atoms with van der Waals surface area (Å²) in [5.41, 5.74) is 5.00. The highest BCUT2D eigenvalue weighted by atomic mass is 32.2. The first-order chi connectivity index (χ1) is 19.9.